The minimum atomic E-state index is -0.552. The Balaban J connectivity index is 0.000000272. The van der Waals surface area contributed by atoms with Crippen molar-refractivity contribution in [1.29, 1.82) is 0 Å². The lowest BCUT2D eigenvalue weighted by Crippen LogP contribution is -2.32. The number of nitrogens with zero attached hydrogens (tertiary/aromatic N) is 1. The van der Waals surface area contributed by atoms with Crippen molar-refractivity contribution in [3.63, 3.8) is 0 Å². The van der Waals surface area contributed by atoms with E-state index in [1.54, 1.807) is 80.7 Å². The number of aldehydes is 1. The van der Waals surface area contributed by atoms with E-state index in [0.717, 1.165) is 23.0 Å². The van der Waals surface area contributed by atoms with Crippen molar-refractivity contribution >= 4 is 24.3 Å². The van der Waals surface area contributed by atoms with E-state index in [1.807, 2.05) is 12.1 Å². The highest BCUT2D eigenvalue weighted by atomic mass is 19.1. The number of carbonyl (C=O) groups is 3. The van der Waals surface area contributed by atoms with Gasteiger partial charge >= 0.3 is 0 Å². The molecule has 9 nitrogen and oxygen atoms in total. The molecule has 0 saturated heterocycles. The van der Waals surface area contributed by atoms with E-state index in [-0.39, 0.29) is 11.6 Å². The standard InChI is InChI=1S/C17H17FN2O2.C14H11FO2.C3H8N2O/c1-12(17(19)21)20-10-13-5-7-16(8-6-13)22-11-14-3-2-4-15(18)9-14;15-13-3-1-2-12(8-13)10-17-14-6-4-11(9-16)5-7-14;1-2(4)3(5)6/h2-10,12H,11H2,1H3,(H2,19,21);1-9H,10H2;2H,4H2,1H3,(H2,5,6)/t12-;;2-/m0.0/s1. The van der Waals surface area contributed by atoms with Crippen LogP contribution in [0.2, 0.25) is 0 Å². The van der Waals surface area contributed by atoms with E-state index in [9.17, 15) is 23.2 Å². The number of nitrogens with two attached hydrogens (primary N) is 3. The van der Waals surface area contributed by atoms with Gasteiger partial charge in [-0.25, -0.2) is 8.78 Å². The van der Waals surface area contributed by atoms with Gasteiger partial charge in [-0.1, -0.05) is 24.3 Å². The summed E-state index contributed by atoms with van der Waals surface area (Å²) >= 11 is 0. The molecular weight excluding hydrogens is 582 g/mol. The second kappa shape index (κ2) is 19.0. The molecule has 4 rings (SSSR count). The third-order valence-corrected chi connectivity index (χ3v) is 5.79. The average Bonchev–Trinajstić information content (AvgIpc) is 3.03. The minimum absolute atomic E-state index is 0.276. The van der Waals surface area contributed by atoms with E-state index >= 15 is 0 Å². The van der Waals surface area contributed by atoms with Gasteiger partial charge in [0.2, 0.25) is 11.8 Å². The first-order valence-corrected chi connectivity index (χ1v) is 13.7. The highest BCUT2D eigenvalue weighted by Crippen LogP contribution is 2.15. The van der Waals surface area contributed by atoms with E-state index < -0.39 is 23.9 Å². The molecule has 0 spiro atoms. The van der Waals surface area contributed by atoms with Crippen molar-refractivity contribution in [2.45, 2.75) is 39.1 Å². The number of amides is 2. The van der Waals surface area contributed by atoms with Crippen molar-refractivity contribution in [1.82, 2.24) is 0 Å². The summed E-state index contributed by atoms with van der Waals surface area (Å²) in [5.74, 6) is -0.163. The molecule has 0 radical (unpaired) electrons. The lowest BCUT2D eigenvalue weighted by atomic mass is 10.2. The van der Waals surface area contributed by atoms with Gasteiger partial charge in [-0.2, -0.15) is 0 Å². The van der Waals surface area contributed by atoms with Crippen LogP contribution in [0.25, 0.3) is 0 Å². The fraction of sp³-hybridized carbons (Fsp3) is 0.176. The quantitative estimate of drug-likeness (QED) is 0.163. The lowest BCUT2D eigenvalue weighted by molar-refractivity contribution is -0.119. The van der Waals surface area contributed by atoms with Gasteiger partial charge in [-0.3, -0.25) is 19.4 Å². The van der Waals surface area contributed by atoms with Crippen LogP contribution >= 0.6 is 0 Å². The highest BCUT2D eigenvalue weighted by Gasteiger charge is 2.04. The summed E-state index contributed by atoms with van der Waals surface area (Å²) in [7, 11) is 0. The Bertz CT molecular complexity index is 1550. The fourth-order valence-electron chi connectivity index (χ4n) is 3.15. The number of benzene rings is 4. The molecule has 0 aliphatic rings. The Morgan fingerprint density at radius 1 is 0.733 bits per heavy atom. The molecule has 0 saturated carbocycles. The second-order valence-electron chi connectivity index (χ2n) is 9.64. The van der Waals surface area contributed by atoms with Crippen LogP contribution in [-0.4, -0.2) is 36.4 Å². The van der Waals surface area contributed by atoms with Crippen LogP contribution in [0.4, 0.5) is 8.78 Å². The van der Waals surface area contributed by atoms with E-state index in [2.05, 4.69) is 10.7 Å². The highest BCUT2D eigenvalue weighted by molar-refractivity contribution is 5.85. The summed E-state index contributed by atoms with van der Waals surface area (Å²) in [6.45, 7) is 3.78. The molecule has 236 valence electrons. The van der Waals surface area contributed by atoms with Gasteiger partial charge in [0.05, 0.1) is 6.04 Å². The molecule has 0 bridgehead atoms. The van der Waals surface area contributed by atoms with Gasteiger partial charge in [0, 0.05) is 11.8 Å². The molecule has 2 amide bonds. The molecule has 4 aromatic carbocycles. The molecule has 2 atom stereocenters. The van der Waals surface area contributed by atoms with Gasteiger partial charge in [0.25, 0.3) is 0 Å². The number of aliphatic imine (C=N–C) groups is 1. The number of primary amides is 2. The van der Waals surface area contributed by atoms with Crippen molar-refractivity contribution in [2.75, 3.05) is 0 Å². The molecule has 0 fully saturated rings. The lowest BCUT2D eigenvalue weighted by Gasteiger charge is -2.06. The monoisotopic (exact) mass is 618 g/mol. The van der Waals surface area contributed by atoms with Gasteiger partial charge in [0.1, 0.15) is 48.7 Å². The predicted octanol–water partition coefficient (Wildman–Crippen LogP) is 4.73. The van der Waals surface area contributed by atoms with Crippen molar-refractivity contribution in [3.8, 4) is 11.5 Å². The van der Waals surface area contributed by atoms with E-state index in [1.165, 1.54) is 24.3 Å². The zero-order valence-corrected chi connectivity index (χ0v) is 24.9. The van der Waals surface area contributed by atoms with Crippen LogP contribution < -0.4 is 26.7 Å². The summed E-state index contributed by atoms with van der Waals surface area (Å²) in [5.41, 5.74) is 17.7. The molecule has 11 heteroatoms. The maximum atomic E-state index is 13.0. The Labute approximate surface area is 260 Å². The van der Waals surface area contributed by atoms with Crippen molar-refractivity contribution < 1.29 is 32.6 Å². The third-order valence-electron chi connectivity index (χ3n) is 5.79. The zero-order valence-electron chi connectivity index (χ0n) is 24.9. The third kappa shape index (κ3) is 14.5. The van der Waals surface area contributed by atoms with Crippen LogP contribution in [0.15, 0.2) is 102 Å². The number of halogens is 2. The van der Waals surface area contributed by atoms with Crippen LogP contribution in [0, 0.1) is 11.6 Å². The Hall–Kier alpha value is -5.42. The van der Waals surface area contributed by atoms with Crippen molar-refractivity contribution in [2.24, 2.45) is 22.2 Å². The van der Waals surface area contributed by atoms with Crippen LogP contribution in [-0.2, 0) is 22.8 Å². The molecule has 0 aliphatic heterocycles. The minimum Gasteiger partial charge on any atom is -0.489 e. The Morgan fingerprint density at radius 3 is 1.51 bits per heavy atom. The summed E-state index contributed by atoms with van der Waals surface area (Å²) in [6, 6.07) is 25.5. The number of hydrogen-bond donors (Lipinski definition) is 3. The smallest absolute Gasteiger partial charge is 0.241 e. The number of rotatable bonds is 11. The SMILES string of the molecule is C[C@H](N)C(N)=O.C[C@H](N=Cc1ccc(OCc2cccc(F)c2)cc1)C(N)=O.O=Cc1ccc(OCc2cccc(F)c2)cc1. The summed E-state index contributed by atoms with van der Waals surface area (Å²) < 4.78 is 37.0. The Morgan fingerprint density at radius 2 is 1.16 bits per heavy atom. The molecule has 0 aromatic heterocycles. The molecule has 0 heterocycles. The second-order valence-corrected chi connectivity index (χ2v) is 9.64. The molecule has 6 N–H and O–H groups in total. The van der Waals surface area contributed by atoms with Gasteiger partial charge in [-0.15, -0.1) is 0 Å². The molecule has 45 heavy (non-hydrogen) atoms. The Kier molecular flexibility index (Phi) is 15.1. The van der Waals surface area contributed by atoms with Gasteiger partial charge in [-0.05, 0) is 103 Å². The molecular formula is C34H36F2N4O5. The average molecular weight is 619 g/mol. The maximum Gasteiger partial charge on any atom is 0.241 e. The van der Waals surface area contributed by atoms with Gasteiger partial charge in [0.15, 0.2) is 0 Å². The number of carbonyl (C=O) groups excluding carboxylic acids is 3. The summed E-state index contributed by atoms with van der Waals surface area (Å²) in [6.07, 6.45) is 2.36. The summed E-state index contributed by atoms with van der Waals surface area (Å²) in [5, 5.41) is 0. The van der Waals surface area contributed by atoms with Gasteiger partial charge < -0.3 is 26.7 Å². The zero-order chi connectivity index (χ0) is 33.2. The summed E-state index contributed by atoms with van der Waals surface area (Å²) in [4.78, 5) is 35.2. The molecule has 0 aliphatic carbocycles. The van der Waals surface area contributed by atoms with Crippen LogP contribution in [0.3, 0.4) is 0 Å². The van der Waals surface area contributed by atoms with E-state index in [0.29, 0.717) is 30.3 Å². The number of ether oxygens (including phenoxy) is 2. The topological polar surface area (TPSA) is 160 Å². The first kappa shape index (κ1) is 35.8. The molecule has 4 aromatic rings. The van der Waals surface area contributed by atoms with Crippen LogP contribution in [0.1, 0.15) is 40.9 Å². The largest absolute Gasteiger partial charge is 0.489 e. The maximum absolute atomic E-state index is 13.0. The normalized spacial score (nSPS) is 11.6. The first-order valence-electron chi connectivity index (χ1n) is 13.7. The fourth-order valence-corrected chi connectivity index (χ4v) is 3.15. The van der Waals surface area contributed by atoms with E-state index in [4.69, 9.17) is 20.9 Å². The van der Waals surface area contributed by atoms with Crippen molar-refractivity contribution in [3.05, 3.63) is 131 Å². The van der Waals surface area contributed by atoms with Crippen LogP contribution in [0.5, 0.6) is 11.5 Å². The first-order chi connectivity index (χ1) is 21.5. The molecule has 0 unspecified atom stereocenters. The number of hydrogen-bond acceptors (Lipinski definition) is 7. The predicted molar refractivity (Wildman–Crippen MR) is 169 cm³/mol.